The van der Waals surface area contributed by atoms with Gasteiger partial charge in [-0.15, -0.1) is 0 Å². The van der Waals surface area contributed by atoms with Crippen LogP contribution in [0, 0.1) is 0 Å². The van der Waals surface area contributed by atoms with Crippen molar-refractivity contribution in [3.05, 3.63) is 94.8 Å². The molecule has 4 nitrogen and oxygen atoms in total. The summed E-state index contributed by atoms with van der Waals surface area (Å²) in [6, 6.07) is 24.6. The van der Waals surface area contributed by atoms with E-state index in [0.717, 1.165) is 27.8 Å². The molecule has 0 aliphatic heterocycles. The third-order valence-corrected chi connectivity index (χ3v) is 4.37. The molecule has 4 rings (SSSR count). The van der Waals surface area contributed by atoms with Gasteiger partial charge in [0.25, 0.3) is 0 Å². The average Bonchev–Trinajstić information content (AvgIpc) is 2.72. The summed E-state index contributed by atoms with van der Waals surface area (Å²) in [7, 11) is 1.62. The highest BCUT2D eigenvalue weighted by Gasteiger charge is 2.09. The van der Waals surface area contributed by atoms with E-state index in [9.17, 15) is 4.79 Å². The molecule has 0 bridgehead atoms. The van der Waals surface area contributed by atoms with Crippen molar-refractivity contribution in [1.29, 1.82) is 0 Å². The molecule has 1 heterocycles. The predicted octanol–water partition coefficient (Wildman–Crippen LogP) is 5.05. The van der Waals surface area contributed by atoms with Gasteiger partial charge in [-0.05, 0) is 41.0 Å². The van der Waals surface area contributed by atoms with Crippen molar-refractivity contribution in [1.82, 2.24) is 0 Å². The van der Waals surface area contributed by atoms with Gasteiger partial charge in [-0.1, -0.05) is 42.5 Å². The number of benzene rings is 3. The normalized spacial score (nSPS) is 10.7. The molecule has 3 aromatic carbocycles. The number of ether oxygens (including phenoxy) is 2. The van der Waals surface area contributed by atoms with Gasteiger partial charge >= 0.3 is 5.63 Å². The lowest BCUT2D eigenvalue weighted by atomic mass is 10.0. The van der Waals surface area contributed by atoms with E-state index in [1.54, 1.807) is 13.2 Å². The highest BCUT2D eigenvalue weighted by Crippen LogP contribution is 2.30. The molecular weight excluding hydrogens is 340 g/mol. The molecule has 1 aromatic heterocycles. The number of rotatable bonds is 5. The summed E-state index contributed by atoms with van der Waals surface area (Å²) >= 11 is 0. The Kier molecular flexibility index (Phi) is 4.62. The molecule has 4 aromatic rings. The highest BCUT2D eigenvalue weighted by molar-refractivity contribution is 5.93. The topological polar surface area (TPSA) is 48.7 Å². The standard InChI is InChI=1S/C23H18O4/c1-25-18-9-7-17(8-10-18)21-14-23(24)27-22-13-19(11-12-20(21)22)26-15-16-5-3-2-4-6-16/h2-14H,15H2,1H3. The summed E-state index contributed by atoms with van der Waals surface area (Å²) in [5.41, 5.74) is 2.92. The summed E-state index contributed by atoms with van der Waals surface area (Å²) in [6.45, 7) is 0.453. The fourth-order valence-corrected chi connectivity index (χ4v) is 2.98. The first-order valence-electron chi connectivity index (χ1n) is 8.62. The first-order chi connectivity index (χ1) is 13.2. The van der Waals surface area contributed by atoms with E-state index >= 15 is 0 Å². The van der Waals surface area contributed by atoms with Crippen LogP contribution in [0.4, 0.5) is 0 Å². The highest BCUT2D eigenvalue weighted by atomic mass is 16.5. The van der Waals surface area contributed by atoms with Crippen molar-refractivity contribution in [3.8, 4) is 22.6 Å². The minimum atomic E-state index is -0.395. The van der Waals surface area contributed by atoms with E-state index in [1.165, 1.54) is 6.07 Å². The predicted molar refractivity (Wildman–Crippen MR) is 105 cm³/mol. The van der Waals surface area contributed by atoms with Gasteiger partial charge in [-0.25, -0.2) is 4.79 Å². The summed E-state index contributed by atoms with van der Waals surface area (Å²) in [5, 5.41) is 0.854. The summed E-state index contributed by atoms with van der Waals surface area (Å²) in [6.07, 6.45) is 0. The molecule has 0 atom stereocenters. The second kappa shape index (κ2) is 7.38. The molecule has 0 amide bonds. The van der Waals surface area contributed by atoms with Gasteiger partial charge in [0.1, 0.15) is 23.7 Å². The van der Waals surface area contributed by atoms with Crippen molar-refractivity contribution in [2.45, 2.75) is 6.61 Å². The molecule has 0 radical (unpaired) electrons. The van der Waals surface area contributed by atoms with E-state index in [1.807, 2.05) is 66.7 Å². The molecule has 0 saturated heterocycles. The van der Waals surface area contributed by atoms with Crippen LogP contribution in [0.1, 0.15) is 5.56 Å². The largest absolute Gasteiger partial charge is 0.497 e. The second-order valence-electron chi connectivity index (χ2n) is 6.14. The molecule has 0 spiro atoms. The average molecular weight is 358 g/mol. The van der Waals surface area contributed by atoms with E-state index in [4.69, 9.17) is 13.9 Å². The Morgan fingerprint density at radius 1 is 0.852 bits per heavy atom. The van der Waals surface area contributed by atoms with Crippen LogP contribution in [0.15, 0.2) is 88.1 Å². The van der Waals surface area contributed by atoms with Crippen molar-refractivity contribution < 1.29 is 13.9 Å². The first-order valence-corrected chi connectivity index (χ1v) is 8.62. The molecule has 0 fully saturated rings. The number of fused-ring (bicyclic) bond motifs is 1. The summed E-state index contributed by atoms with van der Waals surface area (Å²) in [4.78, 5) is 12.1. The van der Waals surface area contributed by atoms with Crippen LogP contribution >= 0.6 is 0 Å². The third kappa shape index (κ3) is 3.70. The first kappa shape index (κ1) is 16.9. The van der Waals surface area contributed by atoms with Crippen LogP contribution in [0.2, 0.25) is 0 Å². The van der Waals surface area contributed by atoms with Gasteiger partial charge < -0.3 is 13.9 Å². The Morgan fingerprint density at radius 3 is 2.33 bits per heavy atom. The van der Waals surface area contributed by atoms with Crippen molar-refractivity contribution >= 4 is 11.0 Å². The monoisotopic (exact) mass is 358 g/mol. The van der Waals surface area contributed by atoms with Gasteiger partial charge in [0, 0.05) is 17.5 Å². The number of hydrogen-bond donors (Lipinski definition) is 0. The Labute approximate surface area is 156 Å². The molecule has 0 unspecified atom stereocenters. The van der Waals surface area contributed by atoms with Gasteiger partial charge in [0.15, 0.2) is 0 Å². The zero-order valence-corrected chi connectivity index (χ0v) is 14.8. The zero-order valence-electron chi connectivity index (χ0n) is 14.8. The smallest absolute Gasteiger partial charge is 0.336 e. The van der Waals surface area contributed by atoms with E-state index in [2.05, 4.69) is 0 Å². The molecule has 27 heavy (non-hydrogen) atoms. The second-order valence-corrected chi connectivity index (χ2v) is 6.14. The van der Waals surface area contributed by atoms with Gasteiger partial charge in [0.2, 0.25) is 0 Å². The maximum absolute atomic E-state index is 12.1. The Bertz CT molecular complexity index is 1110. The molecule has 0 N–H and O–H groups in total. The summed E-state index contributed by atoms with van der Waals surface area (Å²) in [5.74, 6) is 1.42. The molecule has 0 aliphatic carbocycles. The van der Waals surface area contributed by atoms with Crippen molar-refractivity contribution in [2.75, 3.05) is 7.11 Å². The van der Waals surface area contributed by atoms with E-state index in [0.29, 0.717) is 17.9 Å². The lowest BCUT2D eigenvalue weighted by molar-refractivity contribution is 0.306. The van der Waals surface area contributed by atoms with Gasteiger partial charge in [-0.3, -0.25) is 0 Å². The summed E-state index contributed by atoms with van der Waals surface area (Å²) < 4.78 is 16.4. The van der Waals surface area contributed by atoms with Crippen molar-refractivity contribution in [3.63, 3.8) is 0 Å². The SMILES string of the molecule is COc1ccc(-c2cc(=O)oc3cc(OCc4ccccc4)ccc23)cc1. The molecule has 0 aliphatic rings. The molecule has 134 valence electrons. The Balaban J connectivity index is 1.68. The molecule has 0 saturated carbocycles. The lowest BCUT2D eigenvalue weighted by Crippen LogP contribution is -1.99. The quantitative estimate of drug-likeness (QED) is 0.469. The minimum absolute atomic E-state index is 0.395. The fourth-order valence-electron chi connectivity index (χ4n) is 2.98. The van der Waals surface area contributed by atoms with Crippen LogP contribution in [-0.4, -0.2) is 7.11 Å². The molecule has 4 heteroatoms. The zero-order chi connectivity index (χ0) is 18.6. The molecular formula is C23H18O4. The third-order valence-electron chi connectivity index (χ3n) is 4.37. The maximum atomic E-state index is 12.1. The fraction of sp³-hybridized carbons (Fsp3) is 0.0870. The van der Waals surface area contributed by atoms with Crippen LogP contribution in [0.25, 0.3) is 22.1 Å². The van der Waals surface area contributed by atoms with E-state index < -0.39 is 5.63 Å². The van der Waals surface area contributed by atoms with Gasteiger partial charge in [-0.2, -0.15) is 0 Å². The Morgan fingerprint density at radius 2 is 1.59 bits per heavy atom. The Hall–Kier alpha value is -3.53. The van der Waals surface area contributed by atoms with Crippen molar-refractivity contribution in [2.24, 2.45) is 0 Å². The van der Waals surface area contributed by atoms with Crippen LogP contribution in [0.3, 0.4) is 0 Å². The number of hydrogen-bond acceptors (Lipinski definition) is 4. The number of methoxy groups -OCH3 is 1. The minimum Gasteiger partial charge on any atom is -0.497 e. The maximum Gasteiger partial charge on any atom is 0.336 e. The lowest BCUT2D eigenvalue weighted by Gasteiger charge is -2.10. The van der Waals surface area contributed by atoms with Gasteiger partial charge in [0.05, 0.1) is 7.11 Å². The van der Waals surface area contributed by atoms with Crippen LogP contribution < -0.4 is 15.1 Å². The van der Waals surface area contributed by atoms with Crippen LogP contribution in [-0.2, 0) is 6.61 Å². The van der Waals surface area contributed by atoms with E-state index in [-0.39, 0.29) is 0 Å². The van der Waals surface area contributed by atoms with Crippen LogP contribution in [0.5, 0.6) is 11.5 Å².